The second kappa shape index (κ2) is 4.33. The van der Waals surface area contributed by atoms with Crippen LogP contribution in [0.5, 0.6) is 0 Å². The zero-order chi connectivity index (χ0) is 11.6. The molecule has 0 fully saturated rings. The first-order valence-electron chi connectivity index (χ1n) is 5.45. The quantitative estimate of drug-likeness (QED) is 0.734. The van der Waals surface area contributed by atoms with Crippen molar-refractivity contribution in [3.8, 4) is 0 Å². The molecule has 1 atom stereocenters. The second-order valence-electron chi connectivity index (χ2n) is 6.06. The van der Waals surface area contributed by atoms with E-state index in [-0.39, 0.29) is 10.6 Å². The first-order chi connectivity index (χ1) is 6.02. The van der Waals surface area contributed by atoms with Crippen LogP contribution in [0.4, 0.5) is 0 Å². The Morgan fingerprint density at radius 2 is 1.57 bits per heavy atom. The van der Waals surface area contributed by atoms with E-state index < -0.39 is 8.32 Å². The molecule has 0 bridgehead atoms. The molecule has 0 aliphatic rings. The van der Waals surface area contributed by atoms with Crippen LogP contribution in [0, 0.1) is 0 Å². The van der Waals surface area contributed by atoms with Gasteiger partial charge in [-0.1, -0.05) is 27.7 Å². The van der Waals surface area contributed by atoms with Gasteiger partial charge >= 0.3 is 0 Å². The van der Waals surface area contributed by atoms with E-state index >= 15 is 0 Å². The van der Waals surface area contributed by atoms with Crippen molar-refractivity contribution in [1.82, 2.24) is 0 Å². The van der Waals surface area contributed by atoms with Crippen molar-refractivity contribution in [2.45, 2.75) is 64.7 Å². The van der Waals surface area contributed by atoms with Gasteiger partial charge in [0.1, 0.15) is 0 Å². The highest BCUT2D eigenvalue weighted by Gasteiger charge is 2.38. The lowest BCUT2D eigenvalue weighted by Gasteiger charge is -2.38. The van der Waals surface area contributed by atoms with Gasteiger partial charge in [0.15, 0.2) is 8.32 Å². The molecule has 14 heavy (non-hydrogen) atoms. The van der Waals surface area contributed by atoms with Crippen LogP contribution in [-0.4, -0.2) is 20.5 Å². The summed E-state index contributed by atoms with van der Waals surface area (Å²) in [7, 11) is -1.61. The van der Waals surface area contributed by atoms with E-state index in [9.17, 15) is 0 Å². The first-order valence-corrected chi connectivity index (χ1v) is 8.35. The third kappa shape index (κ3) is 4.11. The minimum atomic E-state index is -1.61. The minimum absolute atomic E-state index is 0.171. The van der Waals surface area contributed by atoms with E-state index in [1.807, 2.05) is 0 Å². The van der Waals surface area contributed by atoms with E-state index in [2.05, 4.69) is 47.7 Å². The molecule has 0 aliphatic carbocycles. The number of hydrogen-bond acceptors (Lipinski definition) is 2. The molecule has 0 amide bonds. The molecule has 2 N–H and O–H groups in total. The van der Waals surface area contributed by atoms with Gasteiger partial charge in [-0.15, -0.1) is 0 Å². The average Bonchev–Trinajstić information content (AvgIpc) is 1.99. The van der Waals surface area contributed by atoms with E-state index in [0.717, 1.165) is 6.42 Å². The van der Waals surface area contributed by atoms with E-state index in [1.54, 1.807) is 0 Å². The summed E-state index contributed by atoms with van der Waals surface area (Å²) >= 11 is 0. The van der Waals surface area contributed by atoms with Gasteiger partial charge in [-0.05, 0) is 31.5 Å². The molecule has 0 aromatic heterocycles. The monoisotopic (exact) mass is 217 g/mol. The Balaban J connectivity index is 4.27. The van der Waals surface area contributed by atoms with Gasteiger partial charge < -0.3 is 10.2 Å². The summed E-state index contributed by atoms with van der Waals surface area (Å²) in [6.07, 6.45) is 0.960. The predicted octanol–water partition coefficient (Wildman–Crippen LogP) is 3.14. The topological polar surface area (TPSA) is 35.2 Å². The summed E-state index contributed by atoms with van der Waals surface area (Å²) in [5, 5.41) is 0.275. The largest absolute Gasteiger partial charge is 0.415 e. The van der Waals surface area contributed by atoms with Gasteiger partial charge in [-0.3, -0.25) is 0 Å². The Hall–Kier alpha value is 0.137. The summed E-state index contributed by atoms with van der Waals surface area (Å²) in [5.74, 6) is 0. The van der Waals surface area contributed by atoms with Gasteiger partial charge in [-0.25, -0.2) is 0 Å². The zero-order valence-corrected chi connectivity index (χ0v) is 11.9. The molecule has 0 saturated carbocycles. The van der Waals surface area contributed by atoms with Crippen molar-refractivity contribution in [1.29, 1.82) is 0 Å². The van der Waals surface area contributed by atoms with Crippen LogP contribution < -0.4 is 5.73 Å². The molecule has 2 nitrogen and oxygen atoms in total. The van der Waals surface area contributed by atoms with Crippen LogP contribution in [0.1, 0.15) is 41.0 Å². The summed E-state index contributed by atoms with van der Waals surface area (Å²) in [4.78, 5) is 0. The van der Waals surface area contributed by atoms with Crippen LogP contribution in [0.3, 0.4) is 0 Å². The standard InChI is InChI=1S/C11H27NOSi/c1-8-11(5,12)9-13-14(6,7)10(2,3)4/h8-9,12H2,1-7H3. The van der Waals surface area contributed by atoms with Gasteiger partial charge in [-0.2, -0.15) is 0 Å². The Morgan fingerprint density at radius 3 is 1.86 bits per heavy atom. The van der Waals surface area contributed by atoms with Crippen LogP contribution in [0.2, 0.25) is 18.1 Å². The molecule has 86 valence electrons. The molecule has 0 heterocycles. The summed E-state index contributed by atoms with van der Waals surface area (Å²) < 4.78 is 6.06. The van der Waals surface area contributed by atoms with Crippen LogP contribution in [0.15, 0.2) is 0 Å². The maximum atomic E-state index is 6.06. The normalized spacial score (nSPS) is 18.0. The van der Waals surface area contributed by atoms with Crippen molar-refractivity contribution in [2.75, 3.05) is 6.61 Å². The second-order valence-corrected chi connectivity index (χ2v) is 10.9. The molecule has 1 unspecified atom stereocenters. The molecule has 0 aliphatic heterocycles. The SMILES string of the molecule is CCC(C)(N)CO[Si](C)(C)C(C)(C)C. The van der Waals surface area contributed by atoms with Crippen molar-refractivity contribution < 1.29 is 4.43 Å². The lowest BCUT2D eigenvalue weighted by atomic mass is 10.0. The fraction of sp³-hybridized carbons (Fsp3) is 1.00. The first kappa shape index (κ1) is 14.1. The fourth-order valence-corrected chi connectivity index (χ4v) is 1.79. The van der Waals surface area contributed by atoms with Gasteiger partial charge in [0.25, 0.3) is 0 Å². The molecule has 0 saturated heterocycles. The highest BCUT2D eigenvalue weighted by molar-refractivity contribution is 6.74. The highest BCUT2D eigenvalue weighted by Crippen LogP contribution is 2.36. The molecule has 0 aromatic rings. The molecule has 0 rings (SSSR count). The molecule has 0 spiro atoms. The summed E-state index contributed by atoms with van der Waals surface area (Å²) in [6.45, 7) is 16.1. The Kier molecular flexibility index (Phi) is 4.37. The average molecular weight is 217 g/mol. The van der Waals surface area contributed by atoms with Crippen LogP contribution >= 0.6 is 0 Å². The van der Waals surface area contributed by atoms with Gasteiger partial charge in [0, 0.05) is 5.54 Å². The molecule has 0 aromatic carbocycles. The summed E-state index contributed by atoms with van der Waals surface area (Å²) in [6, 6.07) is 0. The van der Waals surface area contributed by atoms with E-state index in [1.165, 1.54) is 0 Å². The van der Waals surface area contributed by atoms with Crippen molar-refractivity contribution in [3.63, 3.8) is 0 Å². The lowest BCUT2D eigenvalue weighted by molar-refractivity contribution is 0.207. The molecule has 0 radical (unpaired) electrons. The summed E-state index contributed by atoms with van der Waals surface area (Å²) in [5.41, 5.74) is 5.89. The van der Waals surface area contributed by atoms with Crippen molar-refractivity contribution >= 4 is 8.32 Å². The van der Waals surface area contributed by atoms with Gasteiger partial charge in [0.2, 0.25) is 0 Å². The molecular weight excluding hydrogens is 190 g/mol. The third-order valence-electron chi connectivity index (χ3n) is 3.38. The van der Waals surface area contributed by atoms with Crippen LogP contribution in [0.25, 0.3) is 0 Å². The number of hydrogen-bond donors (Lipinski definition) is 1. The highest BCUT2D eigenvalue weighted by atomic mass is 28.4. The zero-order valence-electron chi connectivity index (χ0n) is 10.9. The van der Waals surface area contributed by atoms with Gasteiger partial charge in [0.05, 0.1) is 6.61 Å². The Labute approximate surface area is 90.3 Å². The maximum absolute atomic E-state index is 6.06. The van der Waals surface area contributed by atoms with Crippen LogP contribution in [-0.2, 0) is 4.43 Å². The maximum Gasteiger partial charge on any atom is 0.192 e. The number of rotatable bonds is 4. The Bertz CT molecular complexity index is 182. The Morgan fingerprint density at radius 1 is 1.14 bits per heavy atom. The fourth-order valence-electron chi connectivity index (χ4n) is 0.664. The molecule has 3 heteroatoms. The van der Waals surface area contributed by atoms with E-state index in [0.29, 0.717) is 6.61 Å². The predicted molar refractivity (Wildman–Crippen MR) is 66.0 cm³/mol. The number of nitrogens with two attached hydrogens (primary N) is 1. The molecular formula is C11H27NOSi. The van der Waals surface area contributed by atoms with Crippen molar-refractivity contribution in [2.24, 2.45) is 5.73 Å². The third-order valence-corrected chi connectivity index (χ3v) is 7.86. The van der Waals surface area contributed by atoms with E-state index in [4.69, 9.17) is 10.2 Å². The smallest absolute Gasteiger partial charge is 0.192 e. The van der Waals surface area contributed by atoms with Crippen molar-refractivity contribution in [3.05, 3.63) is 0 Å². The lowest BCUT2D eigenvalue weighted by Crippen LogP contribution is -2.48. The minimum Gasteiger partial charge on any atom is -0.415 e.